The van der Waals surface area contributed by atoms with Gasteiger partial charge in [-0.1, -0.05) is 140 Å². The number of fused-ring (bicyclic) bond motifs is 14. The van der Waals surface area contributed by atoms with Crippen LogP contribution in [0.1, 0.15) is 0 Å². The lowest BCUT2D eigenvalue weighted by molar-refractivity contribution is 1.18. The SMILES string of the molecule is c1ccc(-c2ccc3c(c2)-c2ccccc2B2c4ccccc4-c4cc(-c5ccc(-n6c7ccccc7c7ccccc76)cc5)ccc4N23)cc1. The quantitative estimate of drug-likeness (QED) is 0.174. The van der Waals surface area contributed by atoms with Crippen LogP contribution >= 0.6 is 0 Å². The second-order valence-electron chi connectivity index (χ2n) is 13.7. The van der Waals surface area contributed by atoms with E-state index in [2.05, 4.69) is 197 Å². The van der Waals surface area contributed by atoms with E-state index in [1.807, 2.05) is 0 Å². The van der Waals surface area contributed by atoms with Gasteiger partial charge in [-0.05, 0) is 92.8 Å². The zero-order valence-corrected chi connectivity index (χ0v) is 27.9. The van der Waals surface area contributed by atoms with E-state index in [9.17, 15) is 0 Å². The minimum atomic E-state index is 0.0938. The monoisotopic (exact) mass is 646 g/mol. The molecule has 3 heteroatoms. The maximum atomic E-state index is 2.58. The van der Waals surface area contributed by atoms with Crippen LogP contribution in [0.4, 0.5) is 11.4 Å². The van der Waals surface area contributed by atoms with E-state index in [0.29, 0.717) is 0 Å². The Morgan fingerprint density at radius 3 is 1.35 bits per heavy atom. The molecule has 9 aromatic rings. The van der Waals surface area contributed by atoms with Crippen molar-refractivity contribution in [2.24, 2.45) is 0 Å². The van der Waals surface area contributed by atoms with E-state index < -0.39 is 0 Å². The highest BCUT2D eigenvalue weighted by Crippen LogP contribution is 2.47. The van der Waals surface area contributed by atoms with Gasteiger partial charge < -0.3 is 9.38 Å². The van der Waals surface area contributed by atoms with Gasteiger partial charge in [0.1, 0.15) is 0 Å². The van der Waals surface area contributed by atoms with E-state index in [-0.39, 0.29) is 6.85 Å². The topological polar surface area (TPSA) is 8.17 Å². The molecule has 0 saturated heterocycles. The van der Waals surface area contributed by atoms with Gasteiger partial charge in [-0.25, -0.2) is 0 Å². The first-order chi connectivity index (χ1) is 25.3. The number of rotatable bonds is 3. The Hall–Kier alpha value is -6.58. The molecule has 2 aliphatic rings. The molecule has 2 nitrogen and oxygen atoms in total. The van der Waals surface area contributed by atoms with E-state index in [1.54, 1.807) is 0 Å². The van der Waals surface area contributed by atoms with Crippen LogP contribution in [0.5, 0.6) is 0 Å². The van der Waals surface area contributed by atoms with Crippen molar-refractivity contribution in [3.8, 4) is 50.2 Å². The van der Waals surface area contributed by atoms with E-state index in [0.717, 1.165) is 0 Å². The van der Waals surface area contributed by atoms with Crippen molar-refractivity contribution < 1.29 is 0 Å². The fourth-order valence-corrected chi connectivity index (χ4v) is 8.73. The number of hydrogen-bond acceptors (Lipinski definition) is 1. The molecule has 0 saturated carbocycles. The number of benzene rings is 8. The molecule has 0 N–H and O–H groups in total. The second-order valence-corrected chi connectivity index (χ2v) is 13.7. The Kier molecular flexibility index (Phi) is 6.08. The summed E-state index contributed by atoms with van der Waals surface area (Å²) in [6, 6.07) is 69.2. The standard InChI is InChI=1S/C48H31BN2/c1-2-12-32(13-3-1)34-24-28-47-41(30-34)37-14-4-8-18-43(37)49-44-19-9-5-15-38(44)42-31-35(25-29-48(42)51(47)49)33-22-26-36(27-23-33)50-45-20-10-6-16-39(45)40-17-7-11-21-46(40)50/h1-31H. The van der Waals surface area contributed by atoms with Crippen LogP contribution in [0.2, 0.25) is 0 Å². The maximum Gasteiger partial charge on any atom is 0.329 e. The first kappa shape index (κ1) is 28.3. The summed E-state index contributed by atoms with van der Waals surface area (Å²) in [5, 5.41) is 2.56. The van der Waals surface area contributed by atoms with Gasteiger partial charge in [0.2, 0.25) is 0 Å². The highest BCUT2D eigenvalue weighted by molar-refractivity contribution is 6.92. The van der Waals surface area contributed by atoms with Crippen molar-refractivity contribution in [1.82, 2.24) is 4.57 Å². The lowest BCUT2D eigenvalue weighted by Crippen LogP contribution is -2.59. The molecule has 0 aliphatic carbocycles. The van der Waals surface area contributed by atoms with Gasteiger partial charge in [0, 0.05) is 39.0 Å². The van der Waals surface area contributed by atoms with Gasteiger partial charge in [-0.3, -0.25) is 0 Å². The van der Waals surface area contributed by atoms with Gasteiger partial charge >= 0.3 is 6.85 Å². The molecule has 0 bridgehead atoms. The average molecular weight is 647 g/mol. The second kappa shape index (κ2) is 11.0. The Labute approximate surface area is 297 Å². The fourth-order valence-electron chi connectivity index (χ4n) is 8.73. The van der Waals surface area contributed by atoms with Gasteiger partial charge in [0.15, 0.2) is 0 Å². The van der Waals surface area contributed by atoms with Crippen LogP contribution < -0.4 is 15.7 Å². The minimum absolute atomic E-state index is 0.0938. The Morgan fingerprint density at radius 1 is 0.333 bits per heavy atom. The van der Waals surface area contributed by atoms with Crippen LogP contribution in [-0.2, 0) is 0 Å². The highest BCUT2D eigenvalue weighted by Gasteiger charge is 2.42. The Morgan fingerprint density at radius 2 is 0.784 bits per heavy atom. The van der Waals surface area contributed by atoms with Crippen LogP contribution in [0.25, 0.3) is 72.0 Å². The number of hydrogen-bond donors (Lipinski definition) is 0. The number of nitrogens with zero attached hydrogens (tertiary/aromatic N) is 2. The van der Waals surface area contributed by atoms with E-state index in [4.69, 9.17) is 0 Å². The molecule has 0 unspecified atom stereocenters. The summed E-state index contributed by atoms with van der Waals surface area (Å²) in [5.41, 5.74) is 18.8. The van der Waals surface area contributed by atoms with Crippen molar-refractivity contribution in [3.05, 3.63) is 188 Å². The summed E-state index contributed by atoms with van der Waals surface area (Å²) in [6.07, 6.45) is 0. The lowest BCUT2D eigenvalue weighted by Gasteiger charge is -2.43. The third-order valence-electron chi connectivity index (χ3n) is 11.0. The summed E-state index contributed by atoms with van der Waals surface area (Å²) in [5.74, 6) is 0. The molecule has 3 heterocycles. The molecule has 0 spiro atoms. The van der Waals surface area contributed by atoms with Gasteiger partial charge in [0.25, 0.3) is 0 Å². The third-order valence-corrected chi connectivity index (χ3v) is 11.0. The smallest absolute Gasteiger partial charge is 0.329 e. The molecule has 11 rings (SSSR count). The zero-order valence-electron chi connectivity index (χ0n) is 27.9. The Bertz CT molecular complexity index is 2760. The first-order valence-electron chi connectivity index (χ1n) is 17.7. The van der Waals surface area contributed by atoms with Crippen LogP contribution in [0, 0.1) is 0 Å². The van der Waals surface area contributed by atoms with Crippen molar-refractivity contribution in [1.29, 1.82) is 0 Å². The maximum absolute atomic E-state index is 2.58. The molecule has 0 fully saturated rings. The minimum Gasteiger partial charge on any atom is -0.376 e. The fraction of sp³-hybridized carbons (Fsp3) is 0. The summed E-state index contributed by atoms with van der Waals surface area (Å²) < 4.78 is 2.38. The average Bonchev–Trinajstić information content (AvgIpc) is 3.55. The molecular formula is C48H31BN2. The molecule has 51 heavy (non-hydrogen) atoms. The van der Waals surface area contributed by atoms with Gasteiger partial charge in [0.05, 0.1) is 11.0 Å². The van der Waals surface area contributed by atoms with E-state index >= 15 is 0 Å². The van der Waals surface area contributed by atoms with Crippen molar-refractivity contribution in [2.45, 2.75) is 0 Å². The summed E-state index contributed by atoms with van der Waals surface area (Å²) in [6.45, 7) is 0.0938. The van der Waals surface area contributed by atoms with Gasteiger partial charge in [-0.2, -0.15) is 0 Å². The molecule has 236 valence electrons. The van der Waals surface area contributed by atoms with Crippen molar-refractivity contribution >= 4 is 51.0 Å². The first-order valence-corrected chi connectivity index (χ1v) is 17.7. The predicted octanol–water partition coefficient (Wildman–Crippen LogP) is 11.0. The van der Waals surface area contributed by atoms with Gasteiger partial charge in [-0.15, -0.1) is 0 Å². The van der Waals surface area contributed by atoms with Crippen molar-refractivity contribution in [2.75, 3.05) is 4.81 Å². The normalized spacial score (nSPS) is 12.6. The molecular weight excluding hydrogens is 615 g/mol. The largest absolute Gasteiger partial charge is 0.376 e. The van der Waals surface area contributed by atoms with Crippen LogP contribution in [0.3, 0.4) is 0 Å². The Balaban J connectivity index is 1.05. The van der Waals surface area contributed by atoms with Crippen LogP contribution in [-0.4, -0.2) is 11.4 Å². The lowest BCUT2D eigenvalue weighted by atomic mass is 9.43. The molecule has 2 aliphatic heterocycles. The zero-order chi connectivity index (χ0) is 33.5. The predicted molar refractivity (Wildman–Crippen MR) is 216 cm³/mol. The number of para-hydroxylation sites is 2. The van der Waals surface area contributed by atoms with E-state index in [1.165, 1.54) is 94.3 Å². The third kappa shape index (κ3) is 4.19. The summed E-state index contributed by atoms with van der Waals surface area (Å²) in [4.78, 5) is 2.58. The summed E-state index contributed by atoms with van der Waals surface area (Å²) >= 11 is 0. The molecule has 8 aromatic carbocycles. The van der Waals surface area contributed by atoms with Crippen molar-refractivity contribution in [3.63, 3.8) is 0 Å². The molecule has 0 atom stereocenters. The molecule has 0 radical (unpaired) electrons. The molecule has 1 aromatic heterocycles. The number of aromatic nitrogens is 1. The molecule has 0 amide bonds. The summed E-state index contributed by atoms with van der Waals surface area (Å²) in [7, 11) is 0. The van der Waals surface area contributed by atoms with Crippen LogP contribution in [0.15, 0.2) is 188 Å². The highest BCUT2D eigenvalue weighted by atomic mass is 15.1. The number of anilines is 2.